The molecular weight excluding hydrogens is 141 g/mol. The molecule has 0 radical (unpaired) electrons. The Labute approximate surface area is 81.2 Å². The van der Waals surface area contributed by atoms with E-state index in [-0.39, 0.29) is 41.4 Å². The van der Waals surface area contributed by atoms with Crippen LogP contribution in [0.4, 0.5) is 0 Å². The van der Waals surface area contributed by atoms with Gasteiger partial charge in [-0.3, -0.25) is 14.9 Å². The molecule has 0 saturated carbocycles. The first-order chi connectivity index (χ1) is 4.13. The number of amides is 2. The molecular formula is C6H8NNaO2. The van der Waals surface area contributed by atoms with E-state index in [4.69, 9.17) is 0 Å². The van der Waals surface area contributed by atoms with Crippen molar-refractivity contribution < 1.29 is 9.59 Å². The number of hydrogen-bond donors (Lipinski definition) is 1. The maximum absolute atomic E-state index is 10.6. The Morgan fingerprint density at radius 3 is 1.40 bits per heavy atom. The minimum absolute atomic E-state index is 0. The SMILES string of the molecule is CC1=C(C)C(=O)NC1=O.[NaH]. The van der Waals surface area contributed by atoms with Gasteiger partial charge in [0.1, 0.15) is 0 Å². The van der Waals surface area contributed by atoms with Crippen LogP contribution >= 0.6 is 0 Å². The standard InChI is InChI=1S/C6H7NO2.Na.H/c1-3-4(2)6(9)7-5(3)8;;/h1-2H3,(H,7,8,9);;. The van der Waals surface area contributed by atoms with Gasteiger partial charge in [0.2, 0.25) is 0 Å². The van der Waals surface area contributed by atoms with E-state index in [9.17, 15) is 9.59 Å². The molecule has 10 heavy (non-hydrogen) atoms. The van der Waals surface area contributed by atoms with Gasteiger partial charge in [0.25, 0.3) is 11.8 Å². The minimum atomic E-state index is -0.266. The molecule has 1 rings (SSSR count). The summed E-state index contributed by atoms with van der Waals surface area (Å²) in [6, 6.07) is 0. The number of hydrogen-bond acceptors (Lipinski definition) is 2. The van der Waals surface area contributed by atoms with Gasteiger partial charge >= 0.3 is 29.6 Å². The molecule has 0 spiro atoms. The van der Waals surface area contributed by atoms with Gasteiger partial charge in [-0.25, -0.2) is 0 Å². The molecule has 50 valence electrons. The zero-order valence-corrected chi connectivity index (χ0v) is 5.32. The molecule has 0 fully saturated rings. The summed E-state index contributed by atoms with van der Waals surface area (Å²) < 4.78 is 0. The van der Waals surface area contributed by atoms with E-state index in [0.29, 0.717) is 11.1 Å². The van der Waals surface area contributed by atoms with Gasteiger partial charge in [-0.05, 0) is 13.8 Å². The summed E-state index contributed by atoms with van der Waals surface area (Å²) in [5.74, 6) is -0.532. The first-order valence-electron chi connectivity index (χ1n) is 2.66. The number of imide groups is 1. The van der Waals surface area contributed by atoms with E-state index < -0.39 is 0 Å². The second kappa shape index (κ2) is 3.32. The predicted molar refractivity (Wildman–Crippen MR) is 38.7 cm³/mol. The van der Waals surface area contributed by atoms with Gasteiger partial charge in [0, 0.05) is 11.1 Å². The average Bonchev–Trinajstić information content (AvgIpc) is 1.98. The van der Waals surface area contributed by atoms with Crippen molar-refractivity contribution in [2.75, 3.05) is 0 Å². The second-order valence-electron chi connectivity index (χ2n) is 2.03. The molecule has 3 nitrogen and oxygen atoms in total. The van der Waals surface area contributed by atoms with Crippen LogP contribution in [0.25, 0.3) is 0 Å². The summed E-state index contributed by atoms with van der Waals surface area (Å²) in [6.07, 6.45) is 0. The van der Waals surface area contributed by atoms with Crippen LogP contribution < -0.4 is 5.32 Å². The second-order valence-corrected chi connectivity index (χ2v) is 2.03. The third kappa shape index (κ3) is 1.48. The van der Waals surface area contributed by atoms with Crippen LogP contribution in [0.5, 0.6) is 0 Å². The average molecular weight is 149 g/mol. The Bertz CT molecular complexity index is 198. The van der Waals surface area contributed by atoms with Crippen LogP contribution in [-0.2, 0) is 9.59 Å². The Kier molecular flexibility index (Phi) is 3.28. The van der Waals surface area contributed by atoms with Crippen LogP contribution in [0.2, 0.25) is 0 Å². The van der Waals surface area contributed by atoms with Crippen molar-refractivity contribution in [3.8, 4) is 0 Å². The fraction of sp³-hybridized carbons (Fsp3) is 0.333. The summed E-state index contributed by atoms with van der Waals surface area (Å²) in [5, 5.41) is 2.16. The summed E-state index contributed by atoms with van der Waals surface area (Å²) in [4.78, 5) is 21.2. The van der Waals surface area contributed by atoms with Crippen molar-refractivity contribution in [2.45, 2.75) is 13.8 Å². The summed E-state index contributed by atoms with van der Waals surface area (Å²) in [6.45, 7) is 3.27. The monoisotopic (exact) mass is 149 g/mol. The molecule has 1 aliphatic rings. The normalized spacial score (nSPS) is 17.0. The number of carbonyl (C=O) groups is 2. The predicted octanol–water partition coefficient (Wildman–Crippen LogP) is -0.669. The van der Waals surface area contributed by atoms with Gasteiger partial charge in [-0.15, -0.1) is 0 Å². The summed E-state index contributed by atoms with van der Waals surface area (Å²) in [7, 11) is 0. The molecule has 0 aliphatic carbocycles. The molecule has 0 aromatic heterocycles. The van der Waals surface area contributed by atoms with Crippen molar-refractivity contribution >= 4 is 41.4 Å². The topological polar surface area (TPSA) is 46.2 Å². The zero-order chi connectivity index (χ0) is 7.02. The van der Waals surface area contributed by atoms with Gasteiger partial charge in [0.15, 0.2) is 0 Å². The Morgan fingerprint density at radius 1 is 1.00 bits per heavy atom. The maximum atomic E-state index is 10.6. The van der Waals surface area contributed by atoms with Gasteiger partial charge in [-0.1, -0.05) is 0 Å². The van der Waals surface area contributed by atoms with E-state index >= 15 is 0 Å². The van der Waals surface area contributed by atoms with E-state index in [1.807, 2.05) is 0 Å². The van der Waals surface area contributed by atoms with Crippen molar-refractivity contribution in [3.63, 3.8) is 0 Å². The number of carbonyl (C=O) groups excluding carboxylic acids is 2. The summed E-state index contributed by atoms with van der Waals surface area (Å²) in [5.41, 5.74) is 1.06. The van der Waals surface area contributed by atoms with E-state index in [1.54, 1.807) is 13.8 Å². The molecule has 1 heterocycles. The van der Waals surface area contributed by atoms with E-state index in [0.717, 1.165) is 0 Å². The molecule has 0 aromatic carbocycles. The van der Waals surface area contributed by atoms with Crippen LogP contribution in [0.1, 0.15) is 13.8 Å². The Balaban J connectivity index is 0.000000810. The van der Waals surface area contributed by atoms with E-state index in [2.05, 4.69) is 5.32 Å². The first-order valence-corrected chi connectivity index (χ1v) is 2.66. The van der Waals surface area contributed by atoms with Gasteiger partial charge < -0.3 is 0 Å². The quantitative estimate of drug-likeness (QED) is 0.367. The Hall–Kier alpha value is -0.120. The molecule has 0 aromatic rings. The molecule has 1 aliphatic heterocycles. The van der Waals surface area contributed by atoms with Gasteiger partial charge in [-0.2, -0.15) is 0 Å². The van der Waals surface area contributed by atoms with Crippen molar-refractivity contribution in [1.29, 1.82) is 0 Å². The van der Waals surface area contributed by atoms with Gasteiger partial charge in [0.05, 0.1) is 0 Å². The molecule has 1 N–H and O–H groups in total. The molecule has 4 heteroatoms. The van der Waals surface area contributed by atoms with Crippen molar-refractivity contribution in [1.82, 2.24) is 5.32 Å². The zero-order valence-electron chi connectivity index (χ0n) is 5.32. The van der Waals surface area contributed by atoms with Crippen LogP contribution in [-0.4, -0.2) is 41.4 Å². The fourth-order valence-corrected chi connectivity index (χ4v) is 0.631. The molecule has 2 amide bonds. The third-order valence-electron chi connectivity index (χ3n) is 1.47. The summed E-state index contributed by atoms with van der Waals surface area (Å²) >= 11 is 0. The number of nitrogens with one attached hydrogen (secondary N) is 1. The van der Waals surface area contributed by atoms with Crippen LogP contribution in [0.3, 0.4) is 0 Å². The van der Waals surface area contributed by atoms with Crippen LogP contribution in [0.15, 0.2) is 11.1 Å². The molecule has 0 atom stereocenters. The van der Waals surface area contributed by atoms with E-state index in [1.165, 1.54) is 0 Å². The third-order valence-corrected chi connectivity index (χ3v) is 1.47. The molecule has 0 bridgehead atoms. The number of rotatable bonds is 0. The van der Waals surface area contributed by atoms with Crippen LogP contribution in [0, 0.1) is 0 Å². The first kappa shape index (κ1) is 9.88. The molecule has 0 saturated heterocycles. The Morgan fingerprint density at radius 2 is 1.30 bits per heavy atom. The van der Waals surface area contributed by atoms with Crippen molar-refractivity contribution in [3.05, 3.63) is 11.1 Å². The molecule has 0 unspecified atom stereocenters. The van der Waals surface area contributed by atoms with Crippen molar-refractivity contribution in [2.24, 2.45) is 0 Å². The fourth-order valence-electron chi connectivity index (χ4n) is 0.631.